The van der Waals surface area contributed by atoms with E-state index in [1.807, 2.05) is 30.3 Å². The van der Waals surface area contributed by atoms with Crippen LogP contribution in [0.25, 0.3) is 4.85 Å². The van der Waals surface area contributed by atoms with Gasteiger partial charge in [0.2, 0.25) is 0 Å². The summed E-state index contributed by atoms with van der Waals surface area (Å²) in [5.74, 6) is 0. The smallest absolute Gasteiger partial charge is 0.0817 e. The van der Waals surface area contributed by atoms with Gasteiger partial charge in [0, 0.05) is 5.56 Å². The molecule has 0 saturated heterocycles. The van der Waals surface area contributed by atoms with Gasteiger partial charge in [-0.2, -0.15) is 0 Å². The fraction of sp³-hybridized carbons (Fsp3) is 0.125. The van der Waals surface area contributed by atoms with Crippen LogP contribution >= 0.6 is 0 Å². The van der Waals surface area contributed by atoms with E-state index in [1.165, 1.54) is 0 Å². The second-order valence-electron chi connectivity index (χ2n) is 1.83. The first-order chi connectivity index (χ1) is 4.43. The summed E-state index contributed by atoms with van der Waals surface area (Å²) < 4.78 is 0. The number of rotatable bonds is 1. The zero-order valence-electron chi connectivity index (χ0n) is 5.12. The topological polar surface area (TPSA) is 4.36 Å². The second-order valence-corrected chi connectivity index (χ2v) is 1.83. The normalized spacial score (nSPS) is 8.33. The summed E-state index contributed by atoms with van der Waals surface area (Å²) in [4.78, 5) is 3.51. The predicted octanol–water partition coefficient (Wildman–Crippen LogP) is 2.15. The van der Waals surface area contributed by atoms with Crippen LogP contribution in [0.2, 0.25) is 0 Å². The maximum Gasteiger partial charge on any atom is 0.288 e. The molecule has 1 aromatic rings. The maximum atomic E-state index is 4.99. The van der Waals surface area contributed by atoms with Crippen molar-refractivity contribution in [3.05, 3.63) is 40.7 Å². The lowest BCUT2D eigenvalue weighted by atomic mass is 10.2. The van der Waals surface area contributed by atoms with Crippen LogP contribution in [-0.2, 0) is 6.54 Å². The van der Waals surface area contributed by atoms with Crippen LogP contribution in [-0.4, -0.2) is 0 Å². The minimum atomic E-state index is 0.612. The third kappa shape index (κ3) is 1.58. The summed E-state index contributed by atoms with van der Waals surface area (Å²) in [6, 6.07) is 9.91. The first-order valence-corrected chi connectivity index (χ1v) is 2.84. The Balaban J connectivity index is 2.76. The van der Waals surface area contributed by atoms with E-state index in [0.29, 0.717) is 6.54 Å². The van der Waals surface area contributed by atoms with Crippen LogP contribution in [0.5, 0.6) is 0 Å². The first kappa shape index (κ1) is 5.84. The highest BCUT2D eigenvalue weighted by molar-refractivity contribution is 5.15. The van der Waals surface area contributed by atoms with Crippen molar-refractivity contribution in [3.8, 4) is 6.57 Å². The van der Waals surface area contributed by atoms with Crippen molar-refractivity contribution in [1.82, 2.24) is 0 Å². The number of hydrogen-bond acceptors (Lipinski definition) is 0. The molecular formula is C8H8N+. The highest BCUT2D eigenvalue weighted by Gasteiger charge is 1.91. The van der Waals surface area contributed by atoms with Crippen molar-refractivity contribution < 1.29 is 0 Å². The van der Waals surface area contributed by atoms with E-state index in [2.05, 4.69) is 4.85 Å². The Bertz CT molecular complexity index is 208. The molecule has 0 amide bonds. The Labute approximate surface area is 54.8 Å². The minimum Gasteiger partial charge on any atom is -0.0817 e. The Kier molecular flexibility index (Phi) is 1.87. The van der Waals surface area contributed by atoms with Gasteiger partial charge >= 0.3 is 0 Å². The quantitative estimate of drug-likeness (QED) is 0.532. The van der Waals surface area contributed by atoms with Crippen molar-refractivity contribution in [2.24, 2.45) is 0 Å². The van der Waals surface area contributed by atoms with Gasteiger partial charge in [0.25, 0.3) is 13.1 Å². The molecule has 1 rings (SSSR count). The molecule has 0 bridgehead atoms. The Hall–Kier alpha value is -1.29. The number of hydrogen-bond donors (Lipinski definition) is 0. The molecule has 0 aliphatic rings. The third-order valence-corrected chi connectivity index (χ3v) is 1.12. The van der Waals surface area contributed by atoms with E-state index in [-0.39, 0.29) is 0 Å². The van der Waals surface area contributed by atoms with Crippen LogP contribution in [0.1, 0.15) is 5.56 Å². The van der Waals surface area contributed by atoms with Gasteiger partial charge in [-0.05, 0) is 0 Å². The van der Waals surface area contributed by atoms with Gasteiger partial charge in [0.1, 0.15) is 0 Å². The van der Waals surface area contributed by atoms with Crippen LogP contribution in [0.15, 0.2) is 30.3 Å². The van der Waals surface area contributed by atoms with Crippen molar-refractivity contribution in [2.75, 3.05) is 0 Å². The summed E-state index contributed by atoms with van der Waals surface area (Å²) in [5.41, 5.74) is 1.15. The fourth-order valence-electron chi connectivity index (χ4n) is 0.689. The zero-order valence-corrected chi connectivity index (χ0v) is 5.12. The Morgan fingerprint density at radius 1 is 1.22 bits per heavy atom. The van der Waals surface area contributed by atoms with E-state index in [4.69, 9.17) is 6.57 Å². The highest BCUT2D eigenvalue weighted by Crippen LogP contribution is 1.98. The Morgan fingerprint density at radius 3 is 2.44 bits per heavy atom. The molecule has 0 fully saturated rings. The fourth-order valence-corrected chi connectivity index (χ4v) is 0.689. The van der Waals surface area contributed by atoms with Crippen molar-refractivity contribution in [3.63, 3.8) is 0 Å². The second kappa shape index (κ2) is 2.88. The van der Waals surface area contributed by atoms with Crippen LogP contribution in [0.4, 0.5) is 0 Å². The molecule has 1 aromatic carbocycles. The average molecular weight is 118 g/mol. The summed E-state index contributed by atoms with van der Waals surface area (Å²) >= 11 is 0. The van der Waals surface area contributed by atoms with Crippen molar-refractivity contribution >= 4 is 0 Å². The van der Waals surface area contributed by atoms with Gasteiger partial charge < -0.3 is 0 Å². The number of nitrogens with zero attached hydrogens (tertiary/aromatic N) is 1. The summed E-state index contributed by atoms with van der Waals surface area (Å²) in [5, 5.41) is 0. The average Bonchev–Trinajstić information content (AvgIpc) is 1.91. The lowest BCUT2D eigenvalue weighted by Crippen LogP contribution is -1.74. The van der Waals surface area contributed by atoms with Gasteiger partial charge in [-0.15, -0.1) is 0 Å². The van der Waals surface area contributed by atoms with Crippen molar-refractivity contribution in [2.45, 2.75) is 6.54 Å². The molecule has 44 valence electrons. The molecule has 0 spiro atoms. The van der Waals surface area contributed by atoms with Crippen LogP contribution < -0.4 is 0 Å². The lowest BCUT2D eigenvalue weighted by molar-refractivity contribution is 1.27. The van der Waals surface area contributed by atoms with Gasteiger partial charge in [-0.25, -0.2) is 0 Å². The van der Waals surface area contributed by atoms with Gasteiger partial charge in [-0.1, -0.05) is 35.2 Å². The van der Waals surface area contributed by atoms with E-state index >= 15 is 0 Å². The van der Waals surface area contributed by atoms with E-state index in [1.54, 1.807) is 0 Å². The van der Waals surface area contributed by atoms with Crippen LogP contribution in [0.3, 0.4) is 0 Å². The van der Waals surface area contributed by atoms with Gasteiger partial charge in [0.15, 0.2) is 0 Å². The minimum absolute atomic E-state index is 0.612. The largest absolute Gasteiger partial charge is 0.288 e. The SMILES string of the molecule is C#[N+]Cc1ccccc1. The first-order valence-electron chi connectivity index (χ1n) is 2.84. The molecule has 1 nitrogen and oxygen atoms in total. The molecular weight excluding hydrogens is 110 g/mol. The summed E-state index contributed by atoms with van der Waals surface area (Å²) in [6.07, 6.45) is 0. The van der Waals surface area contributed by atoms with Gasteiger partial charge in [0.05, 0.1) is 0 Å². The lowest BCUT2D eigenvalue weighted by Gasteiger charge is -1.83. The monoisotopic (exact) mass is 118 g/mol. The molecule has 0 heterocycles. The highest BCUT2D eigenvalue weighted by atomic mass is 14.6. The summed E-state index contributed by atoms with van der Waals surface area (Å²) in [6.45, 7) is 5.60. The van der Waals surface area contributed by atoms with Crippen LogP contribution in [0, 0.1) is 6.57 Å². The van der Waals surface area contributed by atoms with Gasteiger partial charge in [-0.3, -0.25) is 0 Å². The van der Waals surface area contributed by atoms with E-state index in [9.17, 15) is 0 Å². The molecule has 0 atom stereocenters. The molecule has 0 radical (unpaired) electrons. The standard InChI is InChI=1S/C8H8N/c1-9-7-8-5-3-2-4-6-8/h1-6H,7H2/q+1. The van der Waals surface area contributed by atoms with E-state index < -0.39 is 0 Å². The van der Waals surface area contributed by atoms with Crippen molar-refractivity contribution in [1.29, 1.82) is 0 Å². The van der Waals surface area contributed by atoms with E-state index in [0.717, 1.165) is 5.56 Å². The summed E-state index contributed by atoms with van der Waals surface area (Å²) in [7, 11) is 0. The molecule has 0 aliphatic heterocycles. The molecule has 0 N–H and O–H groups in total. The maximum absolute atomic E-state index is 4.99. The molecule has 0 aromatic heterocycles. The predicted molar refractivity (Wildman–Crippen MR) is 38.5 cm³/mol. The molecule has 0 unspecified atom stereocenters. The number of benzene rings is 1. The molecule has 9 heavy (non-hydrogen) atoms. The molecule has 0 saturated carbocycles. The Morgan fingerprint density at radius 2 is 1.89 bits per heavy atom. The third-order valence-electron chi connectivity index (χ3n) is 1.12. The molecule has 1 heteroatoms. The zero-order chi connectivity index (χ0) is 6.53. The molecule has 0 aliphatic carbocycles.